The molecule has 0 aliphatic carbocycles. The fourth-order valence-corrected chi connectivity index (χ4v) is 1.94. The van der Waals surface area contributed by atoms with Gasteiger partial charge in [-0.25, -0.2) is 0 Å². The van der Waals surface area contributed by atoms with E-state index in [1.165, 1.54) is 4.90 Å². The van der Waals surface area contributed by atoms with Gasteiger partial charge < -0.3 is 4.74 Å². The highest BCUT2D eigenvalue weighted by Crippen LogP contribution is 2.32. The maximum atomic E-state index is 5.56. The minimum atomic E-state index is 0.840. The Kier molecular flexibility index (Phi) is 2.21. The van der Waals surface area contributed by atoms with E-state index in [9.17, 15) is 0 Å². The Balaban J connectivity index is 2.44. The summed E-state index contributed by atoms with van der Waals surface area (Å²) in [5, 5.41) is 0. The quantitative estimate of drug-likeness (QED) is 0.620. The molecule has 1 aliphatic heterocycles. The minimum absolute atomic E-state index is 0.840. The molecule has 0 saturated heterocycles. The van der Waals surface area contributed by atoms with Crippen LogP contribution in [0.25, 0.3) is 0 Å². The van der Waals surface area contributed by atoms with Gasteiger partial charge in [-0.1, -0.05) is 0 Å². The zero-order valence-corrected chi connectivity index (χ0v) is 7.86. The molecule has 1 aliphatic rings. The van der Waals surface area contributed by atoms with E-state index < -0.39 is 0 Å². The van der Waals surface area contributed by atoms with Crippen LogP contribution in [0.15, 0.2) is 17.2 Å². The number of rotatable bonds is 1. The van der Waals surface area contributed by atoms with E-state index in [0.717, 1.165) is 30.9 Å². The van der Waals surface area contributed by atoms with Crippen LogP contribution in [0.2, 0.25) is 0 Å². The van der Waals surface area contributed by atoms with Crippen molar-refractivity contribution in [3.8, 4) is 5.75 Å². The summed E-state index contributed by atoms with van der Waals surface area (Å²) >= 11 is 1.72. The van der Waals surface area contributed by atoms with E-state index in [0.29, 0.717) is 0 Å². The van der Waals surface area contributed by atoms with E-state index in [2.05, 4.69) is 11.2 Å². The maximum absolute atomic E-state index is 5.56. The van der Waals surface area contributed by atoms with Gasteiger partial charge in [0.05, 0.1) is 17.2 Å². The van der Waals surface area contributed by atoms with Crippen LogP contribution in [0.1, 0.15) is 12.1 Å². The number of ether oxygens (including phenoxy) is 1. The topological polar surface area (TPSA) is 22.1 Å². The molecule has 0 radical (unpaired) electrons. The third-order valence-corrected chi connectivity index (χ3v) is 2.73. The summed E-state index contributed by atoms with van der Waals surface area (Å²) in [5.74, 6) is 1.01. The van der Waals surface area contributed by atoms with E-state index >= 15 is 0 Å². The Morgan fingerprint density at radius 3 is 3.33 bits per heavy atom. The second-order valence-electron chi connectivity index (χ2n) is 2.74. The lowest BCUT2D eigenvalue weighted by molar-refractivity contribution is 0.277. The third kappa shape index (κ3) is 1.29. The van der Waals surface area contributed by atoms with Crippen molar-refractivity contribution in [1.29, 1.82) is 0 Å². The highest BCUT2D eigenvalue weighted by molar-refractivity contribution is 7.98. The van der Waals surface area contributed by atoms with Gasteiger partial charge in [-0.2, -0.15) is 0 Å². The molecule has 2 nitrogen and oxygen atoms in total. The van der Waals surface area contributed by atoms with Crippen LogP contribution in [0.4, 0.5) is 0 Å². The smallest absolute Gasteiger partial charge is 0.154 e. The number of aromatic nitrogens is 1. The standard InChI is InChI=1S/C9H11NOS/c1-12-8-4-5-10-7-3-2-6-11-9(7)8/h4-5H,2-3,6H2,1H3. The zero-order chi connectivity index (χ0) is 8.39. The van der Waals surface area contributed by atoms with Gasteiger partial charge in [0.1, 0.15) is 0 Å². The Morgan fingerprint density at radius 1 is 1.58 bits per heavy atom. The summed E-state index contributed by atoms with van der Waals surface area (Å²) < 4.78 is 5.56. The lowest BCUT2D eigenvalue weighted by Gasteiger charge is -2.17. The fourth-order valence-electron chi connectivity index (χ4n) is 1.38. The molecule has 3 heteroatoms. The average molecular weight is 181 g/mol. The lowest BCUT2D eigenvalue weighted by Crippen LogP contribution is -2.10. The zero-order valence-electron chi connectivity index (χ0n) is 7.04. The molecule has 1 aromatic heterocycles. The molecule has 0 atom stereocenters. The van der Waals surface area contributed by atoms with Gasteiger partial charge in [0.15, 0.2) is 5.75 Å². The monoisotopic (exact) mass is 181 g/mol. The predicted octanol–water partition coefficient (Wildman–Crippen LogP) is 2.13. The van der Waals surface area contributed by atoms with E-state index in [4.69, 9.17) is 4.74 Å². The van der Waals surface area contributed by atoms with Crippen molar-refractivity contribution in [1.82, 2.24) is 4.98 Å². The van der Waals surface area contributed by atoms with Crippen molar-refractivity contribution in [3.63, 3.8) is 0 Å². The van der Waals surface area contributed by atoms with Crippen molar-refractivity contribution in [2.75, 3.05) is 12.9 Å². The maximum Gasteiger partial charge on any atom is 0.154 e. The van der Waals surface area contributed by atoms with E-state index in [-0.39, 0.29) is 0 Å². The highest BCUT2D eigenvalue weighted by Gasteiger charge is 2.14. The van der Waals surface area contributed by atoms with Crippen LogP contribution < -0.4 is 4.74 Å². The molecule has 0 saturated carbocycles. The summed E-state index contributed by atoms with van der Waals surface area (Å²) in [6, 6.07) is 2.01. The molecular formula is C9H11NOS. The summed E-state index contributed by atoms with van der Waals surface area (Å²) in [6.07, 6.45) is 6.08. The molecule has 0 aromatic carbocycles. The van der Waals surface area contributed by atoms with Crippen LogP contribution in [0, 0.1) is 0 Å². The number of aryl methyl sites for hydroxylation is 1. The summed E-state index contributed by atoms with van der Waals surface area (Å²) in [7, 11) is 0. The number of hydrogen-bond donors (Lipinski definition) is 0. The Hall–Kier alpha value is -0.700. The first-order valence-corrected chi connectivity index (χ1v) is 5.29. The van der Waals surface area contributed by atoms with Gasteiger partial charge in [0.2, 0.25) is 0 Å². The van der Waals surface area contributed by atoms with Crippen LogP contribution >= 0.6 is 11.8 Å². The second kappa shape index (κ2) is 3.35. The molecule has 0 N–H and O–H groups in total. The number of pyridine rings is 1. The molecule has 0 unspecified atom stereocenters. The average Bonchev–Trinajstić information content (AvgIpc) is 2.17. The van der Waals surface area contributed by atoms with Crippen molar-refractivity contribution in [2.24, 2.45) is 0 Å². The molecule has 0 fully saturated rings. The first-order valence-electron chi connectivity index (χ1n) is 4.06. The van der Waals surface area contributed by atoms with Gasteiger partial charge in [-0.15, -0.1) is 11.8 Å². The van der Waals surface area contributed by atoms with Gasteiger partial charge >= 0.3 is 0 Å². The van der Waals surface area contributed by atoms with Crippen LogP contribution in [-0.2, 0) is 6.42 Å². The molecule has 0 amide bonds. The van der Waals surface area contributed by atoms with Crippen molar-refractivity contribution < 1.29 is 4.74 Å². The number of hydrogen-bond acceptors (Lipinski definition) is 3. The van der Waals surface area contributed by atoms with Crippen molar-refractivity contribution >= 4 is 11.8 Å². The molecule has 1 aromatic rings. The van der Waals surface area contributed by atoms with Crippen molar-refractivity contribution in [2.45, 2.75) is 17.7 Å². The van der Waals surface area contributed by atoms with Gasteiger partial charge in [-0.3, -0.25) is 4.98 Å². The first kappa shape index (κ1) is 7.92. The Morgan fingerprint density at radius 2 is 2.50 bits per heavy atom. The number of fused-ring (bicyclic) bond motifs is 1. The van der Waals surface area contributed by atoms with E-state index in [1.807, 2.05) is 12.3 Å². The van der Waals surface area contributed by atoms with Crippen molar-refractivity contribution in [3.05, 3.63) is 18.0 Å². The first-order chi connectivity index (χ1) is 5.92. The second-order valence-corrected chi connectivity index (χ2v) is 3.59. The lowest BCUT2D eigenvalue weighted by atomic mass is 10.2. The summed E-state index contributed by atoms with van der Waals surface area (Å²) in [4.78, 5) is 5.50. The molecule has 0 spiro atoms. The predicted molar refractivity (Wildman–Crippen MR) is 49.8 cm³/mol. The summed E-state index contributed by atoms with van der Waals surface area (Å²) in [6.45, 7) is 0.840. The Bertz CT molecular complexity index is 274. The number of nitrogens with zero attached hydrogens (tertiary/aromatic N) is 1. The van der Waals surface area contributed by atoms with Gasteiger partial charge in [-0.05, 0) is 25.2 Å². The minimum Gasteiger partial charge on any atom is -0.490 e. The molecule has 2 heterocycles. The normalized spacial score (nSPS) is 15.1. The van der Waals surface area contributed by atoms with Crippen LogP contribution in [-0.4, -0.2) is 17.8 Å². The van der Waals surface area contributed by atoms with E-state index in [1.54, 1.807) is 11.8 Å². The SMILES string of the molecule is CSc1ccnc2c1OCCC2. The summed E-state index contributed by atoms with van der Waals surface area (Å²) in [5.41, 5.74) is 1.12. The molecule has 12 heavy (non-hydrogen) atoms. The third-order valence-electron chi connectivity index (χ3n) is 1.97. The molecular weight excluding hydrogens is 170 g/mol. The molecule has 2 rings (SSSR count). The number of thioether (sulfide) groups is 1. The molecule has 0 bridgehead atoms. The van der Waals surface area contributed by atoms with Crippen LogP contribution in [0.5, 0.6) is 5.75 Å². The Labute approximate surface area is 76.3 Å². The molecule has 64 valence electrons. The van der Waals surface area contributed by atoms with Gasteiger partial charge in [0, 0.05) is 6.20 Å². The van der Waals surface area contributed by atoms with Crippen LogP contribution in [0.3, 0.4) is 0 Å². The fraction of sp³-hybridized carbons (Fsp3) is 0.444. The van der Waals surface area contributed by atoms with Gasteiger partial charge in [0.25, 0.3) is 0 Å². The largest absolute Gasteiger partial charge is 0.490 e. The highest BCUT2D eigenvalue weighted by atomic mass is 32.2.